The Morgan fingerprint density at radius 2 is 2.24 bits per heavy atom. The number of aromatic nitrogens is 2. The molecule has 0 aromatic carbocycles. The number of amides is 1. The highest BCUT2D eigenvalue weighted by Crippen LogP contribution is 2.31. The minimum Gasteiger partial charge on any atom is -0.465 e. The standard InChI is InChI=1S/C14H19N3O3.ClH/c1-3-4-10-5-12(16(2)15-10)13(18)17-6-9-8-20-14(19)11(9)7-17;/h5,9,11H,3-4,6-8H2,1-2H3;1H/t9-,11-;/m1./s1. The van der Waals surface area contributed by atoms with Crippen molar-refractivity contribution in [2.24, 2.45) is 18.9 Å². The molecular formula is C14H20ClN3O3. The fourth-order valence-electron chi connectivity index (χ4n) is 3.04. The zero-order valence-electron chi connectivity index (χ0n) is 12.2. The maximum Gasteiger partial charge on any atom is 0.311 e. The Bertz CT molecular complexity index is 558. The molecule has 0 spiro atoms. The molecule has 2 fully saturated rings. The highest BCUT2D eigenvalue weighted by molar-refractivity contribution is 5.93. The molecule has 1 amide bonds. The molecule has 2 aliphatic heterocycles. The normalized spacial score (nSPS) is 23.7. The van der Waals surface area contributed by atoms with Crippen LogP contribution in [-0.4, -0.2) is 46.3 Å². The molecule has 0 unspecified atom stereocenters. The van der Waals surface area contributed by atoms with Gasteiger partial charge in [0, 0.05) is 26.1 Å². The van der Waals surface area contributed by atoms with Gasteiger partial charge in [-0.3, -0.25) is 14.3 Å². The van der Waals surface area contributed by atoms with Gasteiger partial charge in [-0.1, -0.05) is 13.3 Å². The molecule has 6 nitrogen and oxygen atoms in total. The van der Waals surface area contributed by atoms with E-state index >= 15 is 0 Å². The highest BCUT2D eigenvalue weighted by Gasteiger charge is 2.45. The first-order valence-corrected chi connectivity index (χ1v) is 7.09. The number of hydrogen-bond donors (Lipinski definition) is 0. The van der Waals surface area contributed by atoms with E-state index in [-0.39, 0.29) is 36.1 Å². The van der Waals surface area contributed by atoms with E-state index in [4.69, 9.17) is 4.74 Å². The van der Waals surface area contributed by atoms with Gasteiger partial charge in [0.2, 0.25) is 0 Å². The van der Waals surface area contributed by atoms with Crippen LogP contribution in [0.2, 0.25) is 0 Å². The minimum atomic E-state index is -0.165. The fourth-order valence-corrected chi connectivity index (χ4v) is 3.04. The number of fused-ring (bicyclic) bond motifs is 1. The molecule has 3 rings (SSSR count). The van der Waals surface area contributed by atoms with E-state index in [1.807, 2.05) is 6.07 Å². The summed E-state index contributed by atoms with van der Waals surface area (Å²) >= 11 is 0. The summed E-state index contributed by atoms with van der Waals surface area (Å²) in [5, 5.41) is 4.36. The van der Waals surface area contributed by atoms with Gasteiger partial charge in [0.15, 0.2) is 0 Å². The van der Waals surface area contributed by atoms with Gasteiger partial charge in [0.25, 0.3) is 5.91 Å². The fraction of sp³-hybridized carbons (Fsp3) is 0.643. The van der Waals surface area contributed by atoms with Crippen molar-refractivity contribution in [2.45, 2.75) is 19.8 Å². The lowest BCUT2D eigenvalue weighted by atomic mass is 10.0. The van der Waals surface area contributed by atoms with E-state index in [0.717, 1.165) is 18.5 Å². The van der Waals surface area contributed by atoms with Crippen LogP contribution in [0.4, 0.5) is 0 Å². The molecular weight excluding hydrogens is 294 g/mol. The van der Waals surface area contributed by atoms with Gasteiger partial charge in [0.1, 0.15) is 5.69 Å². The Labute approximate surface area is 129 Å². The summed E-state index contributed by atoms with van der Waals surface area (Å²) in [4.78, 5) is 25.8. The number of likely N-dealkylation sites (tertiary alicyclic amines) is 1. The highest BCUT2D eigenvalue weighted by atomic mass is 35.5. The average molecular weight is 314 g/mol. The van der Waals surface area contributed by atoms with Gasteiger partial charge in [-0.25, -0.2) is 0 Å². The lowest BCUT2D eigenvalue weighted by Crippen LogP contribution is -2.32. The van der Waals surface area contributed by atoms with Crippen LogP contribution in [0, 0.1) is 11.8 Å². The topological polar surface area (TPSA) is 64.4 Å². The minimum absolute atomic E-state index is 0. The monoisotopic (exact) mass is 313 g/mol. The Morgan fingerprint density at radius 1 is 1.48 bits per heavy atom. The maximum atomic E-state index is 12.5. The van der Waals surface area contributed by atoms with Gasteiger partial charge < -0.3 is 9.64 Å². The Kier molecular flexibility index (Phi) is 4.56. The molecule has 116 valence electrons. The molecule has 21 heavy (non-hydrogen) atoms. The average Bonchev–Trinajstić information content (AvgIpc) is 3.07. The summed E-state index contributed by atoms with van der Waals surface area (Å²) < 4.78 is 6.66. The van der Waals surface area contributed by atoms with Gasteiger partial charge in [-0.05, 0) is 12.5 Å². The van der Waals surface area contributed by atoms with Crippen LogP contribution in [0.15, 0.2) is 6.07 Å². The van der Waals surface area contributed by atoms with Crippen LogP contribution in [0.1, 0.15) is 29.5 Å². The largest absolute Gasteiger partial charge is 0.465 e. The summed E-state index contributed by atoms with van der Waals surface area (Å²) in [5.74, 6) is -0.177. The second-order valence-electron chi connectivity index (χ2n) is 5.60. The Hall–Kier alpha value is -1.56. The smallest absolute Gasteiger partial charge is 0.311 e. The maximum absolute atomic E-state index is 12.5. The Balaban J connectivity index is 0.00000161. The third-order valence-electron chi connectivity index (χ3n) is 4.13. The molecule has 0 aliphatic carbocycles. The van der Waals surface area contributed by atoms with Crippen LogP contribution in [0.5, 0.6) is 0 Å². The van der Waals surface area contributed by atoms with E-state index in [0.29, 0.717) is 25.4 Å². The molecule has 0 N–H and O–H groups in total. The molecule has 3 heterocycles. The number of halogens is 1. The Morgan fingerprint density at radius 3 is 2.90 bits per heavy atom. The number of aryl methyl sites for hydroxylation is 2. The van der Waals surface area contributed by atoms with Crippen molar-refractivity contribution in [3.05, 3.63) is 17.5 Å². The number of hydrogen-bond acceptors (Lipinski definition) is 4. The SMILES string of the molecule is CCCc1cc(C(=O)N2C[C@@H]3COC(=O)[C@@H]3C2)n(C)n1.Cl. The molecule has 2 atom stereocenters. The second-order valence-corrected chi connectivity index (χ2v) is 5.60. The summed E-state index contributed by atoms with van der Waals surface area (Å²) in [6, 6.07) is 1.86. The van der Waals surface area contributed by atoms with Crippen LogP contribution in [0.3, 0.4) is 0 Å². The molecule has 0 radical (unpaired) electrons. The number of carbonyl (C=O) groups is 2. The predicted molar refractivity (Wildman–Crippen MR) is 78.3 cm³/mol. The zero-order chi connectivity index (χ0) is 14.3. The first-order chi connectivity index (χ1) is 9.60. The van der Waals surface area contributed by atoms with Crippen LogP contribution in [0.25, 0.3) is 0 Å². The molecule has 1 aromatic heterocycles. The first kappa shape index (κ1) is 15.8. The van der Waals surface area contributed by atoms with Gasteiger partial charge >= 0.3 is 5.97 Å². The summed E-state index contributed by atoms with van der Waals surface area (Å²) in [6.45, 7) is 3.60. The van der Waals surface area contributed by atoms with Crippen LogP contribution >= 0.6 is 12.4 Å². The summed E-state index contributed by atoms with van der Waals surface area (Å²) in [5.41, 5.74) is 1.54. The zero-order valence-corrected chi connectivity index (χ0v) is 13.1. The third-order valence-corrected chi connectivity index (χ3v) is 4.13. The lowest BCUT2D eigenvalue weighted by molar-refractivity contribution is -0.141. The number of rotatable bonds is 3. The van der Waals surface area contributed by atoms with Crippen molar-refractivity contribution in [3.8, 4) is 0 Å². The quantitative estimate of drug-likeness (QED) is 0.782. The number of carbonyl (C=O) groups excluding carboxylic acids is 2. The third kappa shape index (κ3) is 2.77. The van der Waals surface area contributed by atoms with Crippen molar-refractivity contribution in [1.29, 1.82) is 0 Å². The van der Waals surface area contributed by atoms with E-state index in [1.54, 1.807) is 16.6 Å². The van der Waals surface area contributed by atoms with E-state index < -0.39 is 0 Å². The van der Waals surface area contributed by atoms with Crippen molar-refractivity contribution in [2.75, 3.05) is 19.7 Å². The van der Waals surface area contributed by atoms with Crippen molar-refractivity contribution in [3.63, 3.8) is 0 Å². The van der Waals surface area contributed by atoms with E-state index in [1.165, 1.54) is 0 Å². The van der Waals surface area contributed by atoms with Gasteiger partial charge in [0.05, 0.1) is 18.2 Å². The molecule has 7 heteroatoms. The van der Waals surface area contributed by atoms with Crippen molar-refractivity contribution < 1.29 is 14.3 Å². The summed E-state index contributed by atoms with van der Waals surface area (Å²) in [7, 11) is 1.79. The molecule has 0 bridgehead atoms. The number of ether oxygens (including phenoxy) is 1. The molecule has 2 aliphatic rings. The lowest BCUT2D eigenvalue weighted by Gasteiger charge is -2.16. The number of cyclic esters (lactones) is 1. The van der Waals surface area contributed by atoms with Gasteiger partial charge in [-0.15, -0.1) is 12.4 Å². The van der Waals surface area contributed by atoms with Crippen LogP contribution < -0.4 is 0 Å². The molecule has 2 saturated heterocycles. The predicted octanol–water partition coefficient (Wildman–Crippen LogP) is 1.04. The van der Waals surface area contributed by atoms with E-state index in [2.05, 4.69) is 12.0 Å². The van der Waals surface area contributed by atoms with Crippen LogP contribution in [-0.2, 0) is 23.0 Å². The van der Waals surface area contributed by atoms with Crippen molar-refractivity contribution >= 4 is 24.3 Å². The van der Waals surface area contributed by atoms with Gasteiger partial charge in [-0.2, -0.15) is 5.10 Å². The van der Waals surface area contributed by atoms with E-state index in [9.17, 15) is 9.59 Å². The molecule has 0 saturated carbocycles. The van der Waals surface area contributed by atoms with Crippen molar-refractivity contribution in [1.82, 2.24) is 14.7 Å². The first-order valence-electron chi connectivity index (χ1n) is 7.09. The number of nitrogens with zero attached hydrogens (tertiary/aromatic N) is 3. The number of esters is 1. The summed E-state index contributed by atoms with van der Waals surface area (Å²) in [6.07, 6.45) is 1.88. The second kappa shape index (κ2) is 6.05. The molecule has 1 aromatic rings.